The van der Waals surface area contributed by atoms with Crippen molar-refractivity contribution in [1.29, 1.82) is 0 Å². The van der Waals surface area contributed by atoms with Gasteiger partial charge in [0, 0.05) is 0 Å². The van der Waals surface area contributed by atoms with Crippen LogP contribution in [0, 0.1) is 0 Å². The first kappa shape index (κ1) is 23.0. The topological polar surface area (TPSA) is 115 Å². The first-order valence-electron chi connectivity index (χ1n) is 9.75. The Kier molecular flexibility index (Phi) is 6.87. The summed E-state index contributed by atoms with van der Waals surface area (Å²) in [7, 11) is 0. The van der Waals surface area contributed by atoms with Crippen LogP contribution < -0.4 is 21.1 Å². The van der Waals surface area contributed by atoms with E-state index in [-0.39, 0.29) is 22.4 Å². The molecule has 2 N–H and O–H groups in total. The maximum absolute atomic E-state index is 13.2. The van der Waals surface area contributed by atoms with Gasteiger partial charge in [0.1, 0.15) is 5.75 Å². The van der Waals surface area contributed by atoms with Gasteiger partial charge in [0.25, 0.3) is 5.56 Å². The summed E-state index contributed by atoms with van der Waals surface area (Å²) in [4.78, 5) is 41.8. The van der Waals surface area contributed by atoms with Gasteiger partial charge in [-0.05, 0) is 48.5 Å². The Labute approximate surface area is 194 Å². The number of para-hydroxylation sites is 1. The predicted octanol–water partition coefficient (Wildman–Crippen LogP) is 3.13. The first-order chi connectivity index (χ1) is 16.4. The average molecular weight is 486 g/mol. The number of hydrogen-bond donors (Lipinski definition) is 2. The molecule has 4 rings (SSSR count). The highest BCUT2D eigenvalue weighted by Gasteiger charge is 2.16. The molecule has 0 unspecified atom stereocenters. The van der Waals surface area contributed by atoms with Crippen LogP contribution in [0.5, 0.6) is 5.75 Å². The number of hydrazine groups is 1. The van der Waals surface area contributed by atoms with E-state index in [2.05, 4.69) is 20.6 Å². The summed E-state index contributed by atoms with van der Waals surface area (Å²) in [6, 6.07) is 15.1. The Hall–Kier alpha value is -4.19. The molecule has 0 atom stereocenters. The van der Waals surface area contributed by atoms with Gasteiger partial charge in [0.2, 0.25) is 5.91 Å². The highest BCUT2D eigenvalue weighted by atomic mass is 32.2. The second-order valence-electron chi connectivity index (χ2n) is 6.69. The molecule has 0 bridgehead atoms. The van der Waals surface area contributed by atoms with Gasteiger partial charge in [-0.25, -0.2) is 4.98 Å². The monoisotopic (exact) mass is 486 g/mol. The molecule has 0 aliphatic rings. The summed E-state index contributed by atoms with van der Waals surface area (Å²) in [6.07, 6.45) is 1.32. The molecule has 0 spiro atoms. The molecule has 0 saturated carbocycles. The summed E-state index contributed by atoms with van der Waals surface area (Å²) in [5, 5.41) is 0.536. The second-order valence-corrected chi connectivity index (χ2v) is 7.64. The summed E-state index contributed by atoms with van der Waals surface area (Å²) in [5.41, 5.74) is 4.85. The lowest BCUT2D eigenvalue weighted by molar-refractivity contribution is -0.119. The highest BCUT2D eigenvalue weighted by molar-refractivity contribution is 7.99. The molecular weight excluding hydrogens is 470 g/mol. The van der Waals surface area contributed by atoms with Crippen molar-refractivity contribution < 1.29 is 27.5 Å². The number of furan rings is 1. The number of aromatic nitrogens is 2. The van der Waals surface area contributed by atoms with Crippen molar-refractivity contribution in [3.05, 3.63) is 83.0 Å². The van der Waals surface area contributed by atoms with Crippen molar-refractivity contribution in [3.8, 4) is 11.4 Å². The maximum Gasteiger partial charge on any atom is 0.387 e. The van der Waals surface area contributed by atoms with Crippen LogP contribution in [-0.2, 0) is 4.79 Å². The van der Waals surface area contributed by atoms with Crippen LogP contribution in [0.4, 0.5) is 8.78 Å². The van der Waals surface area contributed by atoms with Crippen LogP contribution in [-0.4, -0.2) is 33.7 Å². The molecule has 2 amide bonds. The van der Waals surface area contributed by atoms with Crippen LogP contribution in [0.3, 0.4) is 0 Å². The fraction of sp³-hybridized carbons (Fsp3) is 0.0909. The number of ether oxygens (including phenoxy) is 1. The molecular formula is C22H16F2N4O5S. The van der Waals surface area contributed by atoms with E-state index in [9.17, 15) is 23.2 Å². The number of rotatable bonds is 7. The summed E-state index contributed by atoms with van der Waals surface area (Å²) < 4.78 is 35.5. The standard InChI is InChI=1S/C22H16F2N4O5S/c23-21(24)33-14-9-7-13(8-10-14)28-20(31)15-4-1-2-5-16(15)25-22(28)34-12-18(29)26-27-19(30)17-6-3-11-32-17/h1-11,21H,12H2,(H,26,29)(H,27,30). The van der Waals surface area contributed by atoms with Crippen molar-refractivity contribution >= 4 is 34.5 Å². The zero-order chi connectivity index (χ0) is 24.1. The van der Waals surface area contributed by atoms with Crippen LogP contribution >= 0.6 is 11.8 Å². The lowest BCUT2D eigenvalue weighted by Gasteiger charge is -2.14. The zero-order valence-electron chi connectivity index (χ0n) is 17.2. The third-order valence-electron chi connectivity index (χ3n) is 4.46. The lowest BCUT2D eigenvalue weighted by atomic mass is 10.2. The number of halogens is 2. The number of hydrogen-bond acceptors (Lipinski definition) is 7. The van der Waals surface area contributed by atoms with Crippen LogP contribution in [0.15, 0.2) is 81.3 Å². The van der Waals surface area contributed by atoms with E-state index in [1.165, 1.54) is 47.2 Å². The quantitative estimate of drug-likeness (QED) is 0.234. The second kappa shape index (κ2) is 10.2. The Morgan fingerprint density at radius 2 is 1.82 bits per heavy atom. The minimum absolute atomic E-state index is 0.0252. The van der Waals surface area contributed by atoms with E-state index in [0.717, 1.165) is 11.8 Å². The SMILES string of the molecule is O=C(CSc1nc2ccccc2c(=O)n1-c1ccc(OC(F)F)cc1)NNC(=O)c1ccco1. The number of thioether (sulfide) groups is 1. The van der Waals surface area contributed by atoms with Gasteiger partial charge in [0.05, 0.1) is 28.6 Å². The number of amides is 2. The Balaban J connectivity index is 1.57. The van der Waals surface area contributed by atoms with Gasteiger partial charge in [-0.3, -0.25) is 29.8 Å². The van der Waals surface area contributed by atoms with Gasteiger partial charge < -0.3 is 9.15 Å². The number of nitrogens with one attached hydrogen (secondary N) is 2. The predicted molar refractivity (Wildman–Crippen MR) is 119 cm³/mol. The molecule has 12 heteroatoms. The number of carbonyl (C=O) groups is 2. The van der Waals surface area contributed by atoms with E-state index in [1.54, 1.807) is 24.3 Å². The number of fused-ring (bicyclic) bond motifs is 1. The Morgan fingerprint density at radius 1 is 1.06 bits per heavy atom. The number of alkyl halides is 2. The summed E-state index contributed by atoms with van der Waals surface area (Å²) >= 11 is 0.957. The molecule has 0 aliphatic carbocycles. The van der Waals surface area contributed by atoms with Gasteiger partial charge in [-0.1, -0.05) is 23.9 Å². The van der Waals surface area contributed by atoms with Crippen LogP contribution in [0.2, 0.25) is 0 Å². The molecule has 4 aromatic rings. The molecule has 2 aromatic heterocycles. The molecule has 2 aromatic carbocycles. The molecule has 2 heterocycles. The maximum atomic E-state index is 13.2. The van der Waals surface area contributed by atoms with Gasteiger partial charge in [0.15, 0.2) is 10.9 Å². The highest BCUT2D eigenvalue weighted by Crippen LogP contribution is 2.23. The normalized spacial score (nSPS) is 10.9. The van der Waals surface area contributed by atoms with Crippen molar-refractivity contribution in [1.82, 2.24) is 20.4 Å². The molecule has 174 valence electrons. The molecule has 34 heavy (non-hydrogen) atoms. The third kappa shape index (κ3) is 5.23. The third-order valence-corrected chi connectivity index (χ3v) is 5.40. The van der Waals surface area contributed by atoms with E-state index in [4.69, 9.17) is 4.42 Å². The minimum Gasteiger partial charge on any atom is -0.459 e. The fourth-order valence-electron chi connectivity index (χ4n) is 2.98. The molecule has 0 saturated heterocycles. The van der Waals surface area contributed by atoms with E-state index < -0.39 is 24.0 Å². The Bertz CT molecular complexity index is 1370. The number of nitrogens with zero attached hydrogens (tertiary/aromatic N) is 2. The van der Waals surface area contributed by atoms with E-state index in [1.807, 2.05) is 0 Å². The average Bonchev–Trinajstić information content (AvgIpc) is 3.37. The van der Waals surface area contributed by atoms with Crippen molar-refractivity contribution in [2.45, 2.75) is 11.8 Å². The van der Waals surface area contributed by atoms with Crippen molar-refractivity contribution in [2.24, 2.45) is 0 Å². The van der Waals surface area contributed by atoms with Crippen molar-refractivity contribution in [3.63, 3.8) is 0 Å². The lowest BCUT2D eigenvalue weighted by Crippen LogP contribution is -2.42. The number of carbonyl (C=O) groups excluding carboxylic acids is 2. The molecule has 0 aliphatic heterocycles. The Morgan fingerprint density at radius 3 is 2.53 bits per heavy atom. The molecule has 0 fully saturated rings. The van der Waals surface area contributed by atoms with Crippen LogP contribution in [0.25, 0.3) is 16.6 Å². The summed E-state index contributed by atoms with van der Waals surface area (Å²) in [6.45, 7) is -2.98. The zero-order valence-corrected chi connectivity index (χ0v) is 18.1. The first-order valence-corrected chi connectivity index (χ1v) is 10.7. The summed E-state index contributed by atoms with van der Waals surface area (Å²) in [5.74, 6) is -1.41. The van der Waals surface area contributed by atoms with Crippen molar-refractivity contribution in [2.75, 3.05) is 5.75 Å². The molecule has 0 radical (unpaired) electrons. The minimum atomic E-state index is -2.98. The largest absolute Gasteiger partial charge is 0.459 e. The van der Waals surface area contributed by atoms with E-state index >= 15 is 0 Å². The molecule has 9 nitrogen and oxygen atoms in total. The van der Waals surface area contributed by atoms with Crippen LogP contribution in [0.1, 0.15) is 10.6 Å². The van der Waals surface area contributed by atoms with Gasteiger partial charge in [-0.2, -0.15) is 8.78 Å². The van der Waals surface area contributed by atoms with Gasteiger partial charge in [-0.15, -0.1) is 0 Å². The smallest absolute Gasteiger partial charge is 0.387 e. The fourth-order valence-corrected chi connectivity index (χ4v) is 3.79. The van der Waals surface area contributed by atoms with E-state index in [0.29, 0.717) is 16.6 Å². The number of benzene rings is 2. The van der Waals surface area contributed by atoms with Gasteiger partial charge >= 0.3 is 12.5 Å².